The van der Waals surface area contributed by atoms with Gasteiger partial charge < -0.3 is 4.74 Å². The molecule has 1 aliphatic heterocycles. The summed E-state index contributed by atoms with van der Waals surface area (Å²) in [7, 11) is 0. The predicted octanol–water partition coefficient (Wildman–Crippen LogP) is 3.84. The molecule has 0 N–H and O–H groups in total. The normalized spacial score (nSPS) is 25.1. The van der Waals surface area contributed by atoms with Gasteiger partial charge in [-0.25, -0.2) is 0 Å². The molecule has 2 nitrogen and oxygen atoms in total. The Kier molecular flexibility index (Phi) is 3.22. The van der Waals surface area contributed by atoms with Crippen LogP contribution >= 0.6 is 0 Å². The van der Waals surface area contributed by atoms with Gasteiger partial charge in [0.15, 0.2) is 5.78 Å². The van der Waals surface area contributed by atoms with Crippen LogP contribution in [0, 0.1) is 19.8 Å². The van der Waals surface area contributed by atoms with E-state index in [1.807, 2.05) is 12.1 Å². The summed E-state index contributed by atoms with van der Waals surface area (Å²) in [5.74, 6) is 0.480. The number of aryl methyl sites for hydroxylation is 2. The first kappa shape index (κ1) is 12.9. The number of carbonyl (C=O) groups is 1. The van der Waals surface area contributed by atoms with E-state index in [1.165, 1.54) is 17.5 Å². The maximum Gasteiger partial charge on any atom is 0.166 e. The Labute approximate surface area is 115 Å². The summed E-state index contributed by atoms with van der Waals surface area (Å²) in [5, 5.41) is 0. The first-order valence-electron chi connectivity index (χ1n) is 7.35. The van der Waals surface area contributed by atoms with Crippen LogP contribution in [0.15, 0.2) is 18.2 Å². The number of ether oxygens (including phenoxy) is 1. The molecular formula is C17H22O2. The monoisotopic (exact) mass is 258 g/mol. The smallest absolute Gasteiger partial charge is 0.166 e. The van der Waals surface area contributed by atoms with E-state index in [0.717, 1.165) is 37.9 Å². The molecule has 1 saturated carbocycles. The zero-order chi connectivity index (χ0) is 13.5. The molecule has 1 unspecified atom stereocenters. The van der Waals surface area contributed by atoms with Crippen LogP contribution in [0.25, 0.3) is 0 Å². The lowest BCUT2D eigenvalue weighted by molar-refractivity contribution is -0.137. The van der Waals surface area contributed by atoms with Crippen molar-refractivity contribution in [2.24, 2.45) is 5.92 Å². The standard InChI is InChI=1S/C17H22O2/c1-12-4-5-14(10-13(12)2)16(18)15-6-9-19-17(11-15)7-3-8-17/h4-5,10,15H,3,6-9,11H2,1-2H3. The van der Waals surface area contributed by atoms with E-state index in [0.29, 0.717) is 5.78 Å². The van der Waals surface area contributed by atoms with Gasteiger partial charge in [0, 0.05) is 18.1 Å². The molecule has 1 aromatic carbocycles. The second-order valence-corrected chi connectivity index (χ2v) is 6.24. The Morgan fingerprint density at radius 1 is 1.26 bits per heavy atom. The molecule has 1 aliphatic carbocycles. The third-order valence-electron chi connectivity index (χ3n) is 4.92. The number of carbonyl (C=O) groups excluding carboxylic acids is 1. The van der Waals surface area contributed by atoms with Crippen molar-refractivity contribution in [3.63, 3.8) is 0 Å². The molecule has 0 bridgehead atoms. The zero-order valence-electron chi connectivity index (χ0n) is 11.9. The molecule has 19 heavy (non-hydrogen) atoms. The minimum Gasteiger partial charge on any atom is -0.375 e. The second-order valence-electron chi connectivity index (χ2n) is 6.24. The van der Waals surface area contributed by atoms with Crippen molar-refractivity contribution in [2.45, 2.75) is 51.6 Å². The Hall–Kier alpha value is -1.15. The van der Waals surface area contributed by atoms with Crippen LogP contribution in [0.5, 0.6) is 0 Å². The lowest BCUT2D eigenvalue weighted by atomic mass is 9.70. The number of Topliss-reactive ketones (excluding diaryl/α,β-unsaturated/α-hetero) is 1. The third kappa shape index (κ3) is 2.34. The first-order valence-corrected chi connectivity index (χ1v) is 7.35. The highest BCUT2D eigenvalue weighted by molar-refractivity contribution is 5.98. The molecule has 1 heterocycles. The highest BCUT2D eigenvalue weighted by Gasteiger charge is 2.44. The first-order chi connectivity index (χ1) is 9.10. The van der Waals surface area contributed by atoms with Crippen LogP contribution in [0.1, 0.15) is 53.6 Å². The summed E-state index contributed by atoms with van der Waals surface area (Å²) in [5.41, 5.74) is 3.39. The predicted molar refractivity (Wildman–Crippen MR) is 75.5 cm³/mol. The fourth-order valence-corrected chi connectivity index (χ4v) is 3.30. The van der Waals surface area contributed by atoms with Crippen molar-refractivity contribution in [3.8, 4) is 0 Å². The fourth-order valence-electron chi connectivity index (χ4n) is 3.30. The summed E-state index contributed by atoms with van der Waals surface area (Å²) in [6.07, 6.45) is 5.35. The molecule has 3 rings (SSSR count). The maximum atomic E-state index is 12.6. The molecule has 0 aromatic heterocycles. The summed E-state index contributed by atoms with van der Waals surface area (Å²) >= 11 is 0. The van der Waals surface area contributed by atoms with Gasteiger partial charge in [0.25, 0.3) is 0 Å². The summed E-state index contributed by atoms with van der Waals surface area (Å²) in [4.78, 5) is 12.6. The van der Waals surface area contributed by atoms with Crippen molar-refractivity contribution >= 4 is 5.78 Å². The van der Waals surface area contributed by atoms with Crippen molar-refractivity contribution in [1.29, 1.82) is 0 Å². The SMILES string of the molecule is Cc1ccc(C(=O)C2CCOC3(CCC3)C2)cc1C. The zero-order valence-corrected chi connectivity index (χ0v) is 11.9. The van der Waals surface area contributed by atoms with E-state index in [4.69, 9.17) is 4.74 Å². The number of rotatable bonds is 2. The van der Waals surface area contributed by atoms with E-state index in [1.54, 1.807) is 0 Å². The van der Waals surface area contributed by atoms with Gasteiger partial charge in [-0.1, -0.05) is 12.1 Å². The van der Waals surface area contributed by atoms with Crippen molar-refractivity contribution < 1.29 is 9.53 Å². The maximum absolute atomic E-state index is 12.6. The van der Waals surface area contributed by atoms with Crippen molar-refractivity contribution in [2.75, 3.05) is 6.61 Å². The third-order valence-corrected chi connectivity index (χ3v) is 4.92. The Morgan fingerprint density at radius 2 is 2.05 bits per heavy atom. The summed E-state index contributed by atoms with van der Waals surface area (Å²) < 4.78 is 5.91. The molecule has 1 aromatic rings. The Morgan fingerprint density at radius 3 is 2.68 bits per heavy atom. The number of benzene rings is 1. The highest BCUT2D eigenvalue weighted by atomic mass is 16.5. The van der Waals surface area contributed by atoms with E-state index >= 15 is 0 Å². The molecule has 1 saturated heterocycles. The highest BCUT2D eigenvalue weighted by Crippen LogP contribution is 2.44. The van der Waals surface area contributed by atoms with Crippen LogP contribution in [-0.2, 0) is 4.74 Å². The van der Waals surface area contributed by atoms with Gasteiger partial charge in [0.2, 0.25) is 0 Å². The molecule has 2 heteroatoms. The molecular weight excluding hydrogens is 236 g/mol. The average molecular weight is 258 g/mol. The van der Waals surface area contributed by atoms with Gasteiger partial charge in [0.1, 0.15) is 0 Å². The van der Waals surface area contributed by atoms with Crippen LogP contribution in [0.4, 0.5) is 0 Å². The van der Waals surface area contributed by atoms with E-state index in [-0.39, 0.29) is 11.5 Å². The second kappa shape index (κ2) is 4.75. The fraction of sp³-hybridized carbons (Fsp3) is 0.588. The van der Waals surface area contributed by atoms with Gasteiger partial charge in [0.05, 0.1) is 5.60 Å². The number of ketones is 1. The Bertz CT molecular complexity index is 500. The quantitative estimate of drug-likeness (QED) is 0.753. The van der Waals surface area contributed by atoms with E-state index in [9.17, 15) is 4.79 Å². The molecule has 0 amide bonds. The topological polar surface area (TPSA) is 26.3 Å². The van der Waals surface area contributed by atoms with Gasteiger partial charge in [-0.05, 0) is 63.1 Å². The summed E-state index contributed by atoms with van der Waals surface area (Å²) in [6, 6.07) is 6.08. The van der Waals surface area contributed by atoms with Gasteiger partial charge in [-0.2, -0.15) is 0 Å². The van der Waals surface area contributed by atoms with Crippen LogP contribution in [0.2, 0.25) is 0 Å². The van der Waals surface area contributed by atoms with E-state index in [2.05, 4.69) is 19.9 Å². The number of hydrogen-bond donors (Lipinski definition) is 0. The van der Waals surface area contributed by atoms with Crippen LogP contribution < -0.4 is 0 Å². The Balaban J connectivity index is 1.77. The van der Waals surface area contributed by atoms with Crippen molar-refractivity contribution in [3.05, 3.63) is 34.9 Å². The van der Waals surface area contributed by atoms with Crippen LogP contribution in [0.3, 0.4) is 0 Å². The molecule has 1 spiro atoms. The van der Waals surface area contributed by atoms with Gasteiger partial charge in [-0.3, -0.25) is 4.79 Å². The molecule has 2 fully saturated rings. The lowest BCUT2D eigenvalue weighted by Crippen LogP contribution is -2.47. The van der Waals surface area contributed by atoms with E-state index < -0.39 is 0 Å². The van der Waals surface area contributed by atoms with Crippen molar-refractivity contribution in [1.82, 2.24) is 0 Å². The number of hydrogen-bond acceptors (Lipinski definition) is 2. The minimum absolute atomic E-state index is 0.0539. The average Bonchev–Trinajstić information content (AvgIpc) is 2.39. The van der Waals surface area contributed by atoms with Gasteiger partial charge >= 0.3 is 0 Å². The summed E-state index contributed by atoms with van der Waals surface area (Å²) in [6.45, 7) is 4.91. The van der Waals surface area contributed by atoms with Crippen LogP contribution in [-0.4, -0.2) is 18.0 Å². The molecule has 102 valence electrons. The molecule has 0 radical (unpaired) electrons. The minimum atomic E-state index is 0.0539. The molecule has 1 atom stereocenters. The van der Waals surface area contributed by atoms with Gasteiger partial charge in [-0.15, -0.1) is 0 Å². The molecule has 2 aliphatic rings. The largest absolute Gasteiger partial charge is 0.375 e. The lowest BCUT2D eigenvalue weighted by Gasteiger charge is -2.46.